The van der Waals surface area contributed by atoms with Gasteiger partial charge in [0.05, 0.1) is 12.7 Å². The Kier molecular flexibility index (Phi) is 5.21. The number of nitrogens with one attached hydrogen (secondary N) is 2. The Morgan fingerprint density at radius 3 is 2.32 bits per heavy atom. The van der Waals surface area contributed by atoms with Crippen LogP contribution in [0, 0.1) is 0 Å². The molecule has 2 aromatic carbocycles. The number of aromatic nitrogens is 2. The number of ether oxygens (including phenoxy) is 1. The fourth-order valence-electron chi connectivity index (χ4n) is 2.19. The van der Waals surface area contributed by atoms with E-state index in [1.807, 2.05) is 30.3 Å². The molecule has 1 heterocycles. The van der Waals surface area contributed by atoms with Gasteiger partial charge in [-0.3, -0.25) is 4.79 Å². The number of carbonyl (C=O) groups is 1. The van der Waals surface area contributed by atoms with Crippen molar-refractivity contribution >= 4 is 17.5 Å². The third kappa shape index (κ3) is 4.54. The first kappa shape index (κ1) is 16.4. The van der Waals surface area contributed by atoms with Gasteiger partial charge in [0.2, 0.25) is 5.95 Å². The van der Waals surface area contributed by atoms with Crippen molar-refractivity contribution in [1.29, 1.82) is 0 Å². The highest BCUT2D eigenvalue weighted by atomic mass is 16.5. The Balaban J connectivity index is 1.58. The maximum Gasteiger partial charge on any atom is 0.258 e. The molecule has 3 rings (SSSR count). The van der Waals surface area contributed by atoms with Gasteiger partial charge in [0.15, 0.2) is 0 Å². The molecule has 1 amide bonds. The molecule has 1 aromatic heterocycles. The molecular weight excluding hydrogens is 316 g/mol. The Morgan fingerprint density at radius 1 is 1.00 bits per heavy atom. The molecule has 6 heteroatoms. The Hall–Kier alpha value is -3.41. The van der Waals surface area contributed by atoms with Gasteiger partial charge in [0.1, 0.15) is 5.75 Å². The monoisotopic (exact) mass is 334 g/mol. The minimum absolute atomic E-state index is 0.264. The third-order valence-electron chi connectivity index (χ3n) is 3.56. The maximum absolute atomic E-state index is 12.2. The number of anilines is 2. The van der Waals surface area contributed by atoms with E-state index in [-0.39, 0.29) is 5.91 Å². The molecule has 0 unspecified atom stereocenters. The van der Waals surface area contributed by atoms with Gasteiger partial charge in [-0.05, 0) is 29.8 Å². The van der Waals surface area contributed by atoms with Crippen LogP contribution in [0.5, 0.6) is 5.75 Å². The molecule has 2 N–H and O–H groups in total. The zero-order valence-corrected chi connectivity index (χ0v) is 13.8. The van der Waals surface area contributed by atoms with Crippen molar-refractivity contribution in [2.24, 2.45) is 0 Å². The summed E-state index contributed by atoms with van der Waals surface area (Å²) in [6.07, 6.45) is 3.00. The second kappa shape index (κ2) is 7.92. The molecule has 126 valence electrons. The van der Waals surface area contributed by atoms with Crippen LogP contribution in [0.25, 0.3) is 0 Å². The zero-order valence-electron chi connectivity index (χ0n) is 13.8. The normalized spacial score (nSPS) is 10.1. The standard InChI is InChI=1S/C19H18N4O2/c1-25-17-9-7-16(8-10-17)23-18(24)15-12-21-19(22-13-15)20-11-14-5-3-2-4-6-14/h2-10,12-13H,11H2,1H3,(H,23,24)(H,20,21,22). The minimum atomic E-state index is -0.264. The van der Waals surface area contributed by atoms with Crippen molar-refractivity contribution in [3.8, 4) is 5.75 Å². The molecule has 0 spiro atoms. The van der Waals surface area contributed by atoms with Gasteiger partial charge in [-0.1, -0.05) is 30.3 Å². The van der Waals surface area contributed by atoms with Crippen molar-refractivity contribution in [3.05, 3.63) is 78.1 Å². The summed E-state index contributed by atoms with van der Waals surface area (Å²) in [6, 6.07) is 17.1. The van der Waals surface area contributed by atoms with E-state index in [1.54, 1.807) is 31.4 Å². The van der Waals surface area contributed by atoms with Crippen molar-refractivity contribution in [2.75, 3.05) is 17.7 Å². The highest BCUT2D eigenvalue weighted by Crippen LogP contribution is 2.15. The van der Waals surface area contributed by atoms with E-state index in [9.17, 15) is 4.79 Å². The lowest BCUT2D eigenvalue weighted by molar-refractivity contribution is 0.102. The first-order chi connectivity index (χ1) is 12.2. The molecule has 0 bridgehead atoms. The summed E-state index contributed by atoms with van der Waals surface area (Å²) in [4.78, 5) is 20.6. The number of benzene rings is 2. The van der Waals surface area contributed by atoms with Crippen LogP contribution in [0.2, 0.25) is 0 Å². The van der Waals surface area contributed by atoms with E-state index >= 15 is 0 Å². The molecule has 6 nitrogen and oxygen atoms in total. The Bertz CT molecular complexity index is 818. The lowest BCUT2D eigenvalue weighted by atomic mass is 10.2. The van der Waals surface area contributed by atoms with Gasteiger partial charge in [-0.25, -0.2) is 9.97 Å². The number of methoxy groups -OCH3 is 1. The molecule has 0 radical (unpaired) electrons. The first-order valence-electron chi connectivity index (χ1n) is 7.80. The Morgan fingerprint density at radius 2 is 1.68 bits per heavy atom. The van der Waals surface area contributed by atoms with Crippen LogP contribution in [0.4, 0.5) is 11.6 Å². The summed E-state index contributed by atoms with van der Waals surface area (Å²) in [6.45, 7) is 0.623. The molecule has 0 saturated carbocycles. The quantitative estimate of drug-likeness (QED) is 0.723. The second-order valence-corrected chi connectivity index (χ2v) is 5.32. The van der Waals surface area contributed by atoms with Crippen molar-refractivity contribution in [3.63, 3.8) is 0 Å². The van der Waals surface area contributed by atoms with Crippen molar-refractivity contribution in [2.45, 2.75) is 6.54 Å². The lowest BCUT2D eigenvalue weighted by Gasteiger charge is -2.07. The number of hydrogen-bond donors (Lipinski definition) is 2. The van der Waals surface area contributed by atoms with E-state index in [2.05, 4.69) is 20.6 Å². The van der Waals surface area contributed by atoms with Gasteiger partial charge in [0, 0.05) is 24.6 Å². The highest BCUT2D eigenvalue weighted by molar-refractivity contribution is 6.03. The molecule has 0 atom stereocenters. The summed E-state index contributed by atoms with van der Waals surface area (Å²) in [7, 11) is 1.60. The molecule has 0 fully saturated rings. The van der Waals surface area contributed by atoms with E-state index < -0.39 is 0 Å². The number of amides is 1. The van der Waals surface area contributed by atoms with Gasteiger partial charge in [-0.15, -0.1) is 0 Å². The average molecular weight is 334 g/mol. The van der Waals surface area contributed by atoms with Gasteiger partial charge in [-0.2, -0.15) is 0 Å². The molecule has 0 aliphatic rings. The summed E-state index contributed by atoms with van der Waals surface area (Å²) < 4.78 is 5.09. The molecule has 0 aliphatic carbocycles. The molecule has 0 saturated heterocycles. The van der Waals surface area contributed by atoms with Crippen molar-refractivity contribution < 1.29 is 9.53 Å². The summed E-state index contributed by atoms with van der Waals surface area (Å²) >= 11 is 0. The maximum atomic E-state index is 12.2. The van der Waals surface area contributed by atoms with Gasteiger partial charge in [0.25, 0.3) is 5.91 Å². The highest BCUT2D eigenvalue weighted by Gasteiger charge is 2.08. The lowest BCUT2D eigenvalue weighted by Crippen LogP contribution is -2.13. The van der Waals surface area contributed by atoms with Crippen LogP contribution >= 0.6 is 0 Å². The number of hydrogen-bond acceptors (Lipinski definition) is 5. The van der Waals surface area contributed by atoms with Crippen LogP contribution < -0.4 is 15.4 Å². The predicted octanol–water partition coefficient (Wildman–Crippen LogP) is 3.35. The number of carbonyl (C=O) groups excluding carboxylic acids is 1. The van der Waals surface area contributed by atoms with E-state index in [1.165, 1.54) is 12.4 Å². The Labute approximate surface area is 145 Å². The third-order valence-corrected chi connectivity index (χ3v) is 3.56. The topological polar surface area (TPSA) is 76.1 Å². The van der Waals surface area contributed by atoms with Crippen LogP contribution in [-0.4, -0.2) is 23.0 Å². The van der Waals surface area contributed by atoms with Gasteiger partial charge < -0.3 is 15.4 Å². The molecule has 25 heavy (non-hydrogen) atoms. The summed E-state index contributed by atoms with van der Waals surface area (Å²) in [5, 5.41) is 5.91. The average Bonchev–Trinajstić information content (AvgIpc) is 2.68. The van der Waals surface area contributed by atoms with Crippen LogP contribution in [0.1, 0.15) is 15.9 Å². The van der Waals surface area contributed by atoms with Crippen molar-refractivity contribution in [1.82, 2.24) is 9.97 Å². The van der Waals surface area contributed by atoms with Gasteiger partial charge >= 0.3 is 0 Å². The number of rotatable bonds is 6. The summed E-state index contributed by atoms with van der Waals surface area (Å²) in [5.74, 6) is 0.944. The fourth-order valence-corrected chi connectivity index (χ4v) is 2.19. The van der Waals surface area contributed by atoms with E-state index in [4.69, 9.17) is 4.74 Å². The smallest absolute Gasteiger partial charge is 0.258 e. The zero-order chi connectivity index (χ0) is 17.5. The molecule has 0 aliphatic heterocycles. The fraction of sp³-hybridized carbons (Fsp3) is 0.105. The first-order valence-corrected chi connectivity index (χ1v) is 7.80. The minimum Gasteiger partial charge on any atom is -0.497 e. The van der Waals surface area contributed by atoms with Crippen LogP contribution in [0.15, 0.2) is 67.0 Å². The second-order valence-electron chi connectivity index (χ2n) is 5.32. The van der Waals surface area contributed by atoms with E-state index in [0.717, 1.165) is 11.3 Å². The SMILES string of the molecule is COc1ccc(NC(=O)c2cnc(NCc3ccccc3)nc2)cc1. The van der Waals surface area contributed by atoms with Crippen LogP contribution in [-0.2, 0) is 6.54 Å². The number of nitrogens with zero attached hydrogens (tertiary/aromatic N) is 2. The summed E-state index contributed by atoms with van der Waals surface area (Å²) in [5.41, 5.74) is 2.20. The molecule has 3 aromatic rings. The van der Waals surface area contributed by atoms with Crippen LogP contribution in [0.3, 0.4) is 0 Å². The molecular formula is C19H18N4O2. The predicted molar refractivity (Wildman–Crippen MR) is 96.7 cm³/mol. The van der Waals surface area contributed by atoms with E-state index in [0.29, 0.717) is 23.7 Å². The largest absolute Gasteiger partial charge is 0.497 e.